The minimum absolute atomic E-state index is 0.286. The predicted molar refractivity (Wildman–Crippen MR) is 134 cm³/mol. The van der Waals surface area contributed by atoms with Crippen LogP contribution >= 0.6 is 11.6 Å². The van der Waals surface area contributed by atoms with Gasteiger partial charge in [0.1, 0.15) is 29.3 Å². The number of nitrogens with one attached hydrogen (secondary N) is 1. The summed E-state index contributed by atoms with van der Waals surface area (Å²) in [5.74, 6) is 1.47. The first-order valence-electron chi connectivity index (χ1n) is 11.2. The van der Waals surface area contributed by atoms with Crippen LogP contribution in [0.3, 0.4) is 0 Å². The molecule has 2 aromatic carbocycles. The number of aromatic nitrogens is 3. The van der Waals surface area contributed by atoms with Crippen molar-refractivity contribution >= 4 is 34.4 Å². The Morgan fingerprint density at radius 1 is 1.15 bits per heavy atom. The number of anilines is 1. The average Bonchev–Trinajstić information content (AvgIpc) is 3.26. The second-order valence-electron chi connectivity index (χ2n) is 7.71. The van der Waals surface area contributed by atoms with Gasteiger partial charge in [-0.3, -0.25) is 4.57 Å². The van der Waals surface area contributed by atoms with Crippen LogP contribution in [0.25, 0.3) is 16.9 Å². The molecule has 7 nitrogen and oxygen atoms in total. The van der Waals surface area contributed by atoms with E-state index in [9.17, 15) is 4.79 Å². The molecule has 2 heterocycles. The van der Waals surface area contributed by atoms with Gasteiger partial charge >= 0.3 is 5.97 Å². The Bertz CT molecular complexity index is 1320. The van der Waals surface area contributed by atoms with Gasteiger partial charge in [0.15, 0.2) is 0 Å². The summed E-state index contributed by atoms with van der Waals surface area (Å²) in [6.45, 7) is 4.72. The molecule has 2 aromatic heterocycles. The molecule has 8 heteroatoms. The lowest BCUT2D eigenvalue weighted by Gasteiger charge is -2.13. The van der Waals surface area contributed by atoms with Crippen LogP contribution in [0.5, 0.6) is 5.75 Å². The number of esters is 1. The smallest absolute Gasteiger partial charge is 0.341 e. The quantitative estimate of drug-likeness (QED) is 0.321. The summed E-state index contributed by atoms with van der Waals surface area (Å²) in [5, 5.41) is 3.99. The van der Waals surface area contributed by atoms with Gasteiger partial charge in [0.2, 0.25) is 0 Å². The molecule has 0 spiro atoms. The third-order valence-corrected chi connectivity index (χ3v) is 5.78. The summed E-state index contributed by atoms with van der Waals surface area (Å²) >= 11 is 6.10. The molecule has 4 rings (SSSR count). The minimum Gasteiger partial charge on any atom is -0.496 e. The molecule has 176 valence electrons. The van der Waals surface area contributed by atoms with Crippen molar-refractivity contribution in [1.82, 2.24) is 14.5 Å². The topological polar surface area (TPSA) is 78.3 Å². The van der Waals surface area contributed by atoms with Gasteiger partial charge in [0, 0.05) is 17.6 Å². The molecule has 4 aromatic rings. The minimum atomic E-state index is -0.420. The number of ether oxygens (including phenoxy) is 2. The SMILES string of the molecule is CCOC(=O)c1ccc(-n2cnc3cc(CC)c(OC)cc32)nc1NCCc1cccc(Cl)c1. The van der Waals surface area contributed by atoms with Crippen LogP contribution < -0.4 is 10.1 Å². The number of nitrogens with zero attached hydrogens (tertiary/aromatic N) is 3. The van der Waals surface area contributed by atoms with Crippen molar-refractivity contribution in [3.8, 4) is 11.6 Å². The number of carbonyl (C=O) groups is 1. The van der Waals surface area contributed by atoms with Gasteiger partial charge in [0.25, 0.3) is 0 Å². The Morgan fingerprint density at radius 2 is 2.00 bits per heavy atom. The van der Waals surface area contributed by atoms with Crippen LogP contribution in [-0.4, -0.2) is 40.8 Å². The van der Waals surface area contributed by atoms with Gasteiger partial charge in [-0.2, -0.15) is 0 Å². The van der Waals surface area contributed by atoms with Crippen LogP contribution in [0.15, 0.2) is 54.9 Å². The second kappa shape index (κ2) is 10.6. The molecule has 0 aliphatic rings. The molecule has 0 unspecified atom stereocenters. The Hall–Kier alpha value is -3.58. The van der Waals surface area contributed by atoms with E-state index in [1.165, 1.54) is 0 Å². The number of methoxy groups -OCH3 is 1. The van der Waals surface area contributed by atoms with E-state index in [0.29, 0.717) is 28.8 Å². The van der Waals surface area contributed by atoms with E-state index >= 15 is 0 Å². The normalized spacial score (nSPS) is 10.9. The summed E-state index contributed by atoms with van der Waals surface area (Å²) in [6.07, 6.45) is 3.30. The number of carbonyl (C=O) groups excluding carboxylic acids is 1. The molecule has 0 amide bonds. The standard InChI is InChI=1S/C26H27ClN4O3/c1-4-18-14-21-22(15-23(18)33-3)31(16-29-21)24-10-9-20(26(32)34-5-2)25(30-24)28-12-11-17-7-6-8-19(27)13-17/h6-10,13-16H,4-5,11-12H2,1-3H3,(H,28,30). The molecule has 34 heavy (non-hydrogen) atoms. The number of imidazole rings is 1. The number of pyridine rings is 1. The Morgan fingerprint density at radius 3 is 2.74 bits per heavy atom. The monoisotopic (exact) mass is 478 g/mol. The number of hydrogen-bond donors (Lipinski definition) is 1. The van der Waals surface area contributed by atoms with Crippen molar-refractivity contribution in [3.05, 3.63) is 76.6 Å². The third-order valence-electron chi connectivity index (χ3n) is 5.55. The molecule has 0 aliphatic heterocycles. The maximum Gasteiger partial charge on any atom is 0.341 e. The molecule has 0 radical (unpaired) electrons. The van der Waals surface area contributed by atoms with Crippen molar-refractivity contribution in [2.45, 2.75) is 26.7 Å². The number of halogens is 1. The van der Waals surface area contributed by atoms with Crippen LogP contribution in [-0.2, 0) is 17.6 Å². The molecule has 0 fully saturated rings. The Balaban J connectivity index is 1.68. The summed E-state index contributed by atoms with van der Waals surface area (Å²) in [6, 6.07) is 15.2. The van der Waals surface area contributed by atoms with Crippen LogP contribution in [0.2, 0.25) is 5.02 Å². The number of fused-ring (bicyclic) bond motifs is 1. The van der Waals surface area contributed by atoms with Gasteiger partial charge in [-0.05, 0) is 61.2 Å². The lowest BCUT2D eigenvalue weighted by Crippen LogP contribution is -2.14. The molecular weight excluding hydrogens is 452 g/mol. The number of rotatable bonds is 9. The highest BCUT2D eigenvalue weighted by atomic mass is 35.5. The maximum absolute atomic E-state index is 12.6. The van der Waals surface area contributed by atoms with Crippen molar-refractivity contribution in [2.24, 2.45) is 0 Å². The fourth-order valence-corrected chi connectivity index (χ4v) is 4.05. The second-order valence-corrected chi connectivity index (χ2v) is 8.15. The first kappa shape index (κ1) is 23.6. The lowest BCUT2D eigenvalue weighted by molar-refractivity contribution is 0.0527. The molecule has 1 N–H and O–H groups in total. The van der Waals surface area contributed by atoms with Gasteiger partial charge < -0.3 is 14.8 Å². The number of aryl methyl sites for hydroxylation is 1. The lowest BCUT2D eigenvalue weighted by atomic mass is 10.1. The fourth-order valence-electron chi connectivity index (χ4n) is 3.84. The Kier molecular flexibility index (Phi) is 7.33. The highest BCUT2D eigenvalue weighted by Gasteiger charge is 2.17. The van der Waals surface area contributed by atoms with E-state index in [0.717, 1.165) is 40.8 Å². The zero-order chi connectivity index (χ0) is 24.1. The number of hydrogen-bond acceptors (Lipinski definition) is 6. The van der Waals surface area contributed by atoms with E-state index in [4.69, 9.17) is 26.1 Å². The van der Waals surface area contributed by atoms with Gasteiger partial charge in [0.05, 0.1) is 24.8 Å². The van der Waals surface area contributed by atoms with E-state index in [-0.39, 0.29) is 6.61 Å². The summed E-state index contributed by atoms with van der Waals surface area (Å²) < 4.78 is 12.7. The van der Waals surface area contributed by atoms with Crippen molar-refractivity contribution in [1.29, 1.82) is 0 Å². The summed E-state index contributed by atoms with van der Waals surface area (Å²) in [4.78, 5) is 21.9. The highest BCUT2D eigenvalue weighted by molar-refractivity contribution is 6.30. The first-order chi connectivity index (χ1) is 16.5. The number of benzene rings is 2. The molecule has 0 atom stereocenters. The predicted octanol–water partition coefficient (Wildman–Crippen LogP) is 5.48. The molecule has 0 aliphatic carbocycles. The molecule has 0 saturated heterocycles. The van der Waals surface area contributed by atoms with E-state index in [2.05, 4.69) is 17.2 Å². The zero-order valence-electron chi connectivity index (χ0n) is 19.5. The van der Waals surface area contributed by atoms with Gasteiger partial charge in [-0.15, -0.1) is 0 Å². The summed E-state index contributed by atoms with van der Waals surface area (Å²) in [7, 11) is 1.66. The molecule has 0 bridgehead atoms. The highest BCUT2D eigenvalue weighted by Crippen LogP contribution is 2.28. The fraction of sp³-hybridized carbons (Fsp3) is 0.269. The van der Waals surface area contributed by atoms with Crippen LogP contribution in [0.4, 0.5) is 5.82 Å². The maximum atomic E-state index is 12.6. The van der Waals surface area contributed by atoms with Crippen LogP contribution in [0.1, 0.15) is 35.3 Å². The van der Waals surface area contributed by atoms with Gasteiger partial charge in [-0.1, -0.05) is 30.7 Å². The van der Waals surface area contributed by atoms with Crippen molar-refractivity contribution < 1.29 is 14.3 Å². The van der Waals surface area contributed by atoms with E-state index < -0.39 is 5.97 Å². The average molecular weight is 479 g/mol. The van der Waals surface area contributed by atoms with E-state index in [1.54, 1.807) is 32.5 Å². The van der Waals surface area contributed by atoms with Crippen LogP contribution in [0, 0.1) is 0 Å². The third kappa shape index (κ3) is 4.99. The van der Waals surface area contributed by atoms with E-state index in [1.807, 2.05) is 41.0 Å². The van der Waals surface area contributed by atoms with Crippen molar-refractivity contribution in [3.63, 3.8) is 0 Å². The van der Waals surface area contributed by atoms with Crippen molar-refractivity contribution in [2.75, 3.05) is 25.6 Å². The molecular formula is C26H27ClN4O3. The molecule has 0 saturated carbocycles. The Labute approximate surface area is 203 Å². The summed E-state index contributed by atoms with van der Waals surface area (Å²) in [5.41, 5.74) is 4.29. The van der Waals surface area contributed by atoms with Gasteiger partial charge in [-0.25, -0.2) is 14.8 Å². The first-order valence-corrected chi connectivity index (χ1v) is 11.6. The zero-order valence-corrected chi connectivity index (χ0v) is 20.2. The largest absolute Gasteiger partial charge is 0.496 e.